The van der Waals surface area contributed by atoms with Crippen molar-refractivity contribution in [3.63, 3.8) is 0 Å². The molecule has 1 atom stereocenters. The largest absolute Gasteiger partial charge is 0.330 e. The van der Waals surface area contributed by atoms with Gasteiger partial charge in [0.05, 0.1) is 22.5 Å². The number of hydrogen-bond acceptors (Lipinski definition) is 8. The summed E-state index contributed by atoms with van der Waals surface area (Å²) in [5, 5.41) is 17.4. The van der Waals surface area contributed by atoms with E-state index in [9.17, 15) is 4.79 Å². The van der Waals surface area contributed by atoms with E-state index in [4.69, 9.17) is 0 Å². The first kappa shape index (κ1) is 23.3. The average Bonchev–Trinajstić information content (AvgIpc) is 3.16. The van der Waals surface area contributed by atoms with Gasteiger partial charge in [-0.15, -0.1) is 0 Å². The minimum absolute atomic E-state index is 0.0320. The van der Waals surface area contributed by atoms with Crippen LogP contribution in [0.4, 0.5) is 11.4 Å². The van der Waals surface area contributed by atoms with Crippen molar-refractivity contribution in [3.05, 3.63) is 65.1 Å². The molecule has 3 aliphatic heterocycles. The predicted molar refractivity (Wildman–Crippen MR) is 139 cm³/mol. The van der Waals surface area contributed by atoms with Gasteiger partial charge in [-0.2, -0.15) is 0 Å². The highest BCUT2D eigenvalue weighted by Gasteiger charge is 2.46. The van der Waals surface area contributed by atoms with Gasteiger partial charge in [0.15, 0.2) is 6.17 Å². The number of benzene rings is 1. The number of anilines is 2. The minimum atomic E-state index is -0.375. The summed E-state index contributed by atoms with van der Waals surface area (Å²) in [6.45, 7) is 10.1. The van der Waals surface area contributed by atoms with E-state index in [1.54, 1.807) is 17.4 Å². The van der Waals surface area contributed by atoms with Crippen molar-refractivity contribution in [2.75, 3.05) is 23.9 Å². The Morgan fingerprint density at radius 3 is 2.77 bits per heavy atom. The monoisotopic (exact) mass is 474 g/mol. The second-order valence-electron chi connectivity index (χ2n) is 10.0. The number of rotatable bonds is 5. The van der Waals surface area contributed by atoms with Crippen LogP contribution in [-0.2, 0) is 23.3 Å². The second kappa shape index (κ2) is 8.98. The van der Waals surface area contributed by atoms with Crippen LogP contribution < -0.4 is 26.3 Å². The molecular formula is C26H34N8O. The van der Waals surface area contributed by atoms with E-state index in [1.165, 1.54) is 11.1 Å². The number of nitrogens with zero attached hydrogens (tertiary/aromatic N) is 4. The van der Waals surface area contributed by atoms with Crippen LogP contribution in [0.2, 0.25) is 0 Å². The molecule has 1 amide bonds. The minimum Gasteiger partial charge on any atom is -0.330 e. The molecule has 1 unspecified atom stereocenters. The molecular weight excluding hydrogens is 440 g/mol. The molecule has 1 aromatic heterocycles. The van der Waals surface area contributed by atoms with Crippen LogP contribution in [0.25, 0.3) is 0 Å². The fourth-order valence-electron chi connectivity index (χ4n) is 4.72. The van der Waals surface area contributed by atoms with Crippen LogP contribution in [0.3, 0.4) is 0 Å². The average molecular weight is 475 g/mol. The molecule has 2 aromatic rings. The Morgan fingerprint density at radius 2 is 2.00 bits per heavy atom. The summed E-state index contributed by atoms with van der Waals surface area (Å²) < 4.78 is 0. The fourth-order valence-corrected chi connectivity index (χ4v) is 4.72. The van der Waals surface area contributed by atoms with Crippen molar-refractivity contribution >= 4 is 23.2 Å². The number of carbonyl (C=O) groups is 1. The molecule has 4 N–H and O–H groups in total. The molecule has 9 heteroatoms. The number of hydrazine groups is 1. The normalized spacial score (nSPS) is 19.7. The molecule has 5 rings (SSSR count). The standard InChI is InChI=1S/C26H34N8O/c1-16(2)33-24(35)21-15-30-25(31-19-7-6-18-14-28-10-8-17(18)12-19)32-23(21)34(33)20-9-11-29-22(13-20)26(3,4)27-5/h6-7,9,11-13,15-16,23,27-28H,8,10,14H2,1-5H3,(H2,30,31,32). The molecule has 9 nitrogen and oxygen atoms in total. The van der Waals surface area contributed by atoms with Crippen LogP contribution in [-0.4, -0.2) is 47.7 Å². The predicted octanol–water partition coefficient (Wildman–Crippen LogP) is 2.44. The van der Waals surface area contributed by atoms with Crippen LogP contribution >= 0.6 is 0 Å². The lowest BCUT2D eigenvalue weighted by atomic mass is 10.00. The Bertz CT molecular complexity index is 1200. The zero-order chi connectivity index (χ0) is 24.7. The number of nitrogens with one attached hydrogen (secondary N) is 4. The summed E-state index contributed by atoms with van der Waals surface area (Å²) in [4.78, 5) is 22.5. The van der Waals surface area contributed by atoms with Crippen molar-refractivity contribution in [2.45, 2.75) is 58.4 Å². The molecule has 4 heterocycles. The smallest absolute Gasteiger partial charge is 0.274 e. The Morgan fingerprint density at radius 1 is 1.17 bits per heavy atom. The number of aliphatic imine (C=N–C) groups is 1. The van der Waals surface area contributed by atoms with Crippen LogP contribution in [0.15, 0.2) is 53.3 Å². The van der Waals surface area contributed by atoms with Gasteiger partial charge in [-0.05, 0) is 83.1 Å². The molecule has 0 saturated carbocycles. The first-order valence-electron chi connectivity index (χ1n) is 12.2. The van der Waals surface area contributed by atoms with Gasteiger partial charge < -0.3 is 21.3 Å². The Balaban J connectivity index is 1.45. The van der Waals surface area contributed by atoms with Crippen LogP contribution in [0.1, 0.15) is 44.5 Å². The van der Waals surface area contributed by atoms with Gasteiger partial charge >= 0.3 is 0 Å². The molecule has 35 heavy (non-hydrogen) atoms. The topological polar surface area (TPSA) is 96.9 Å². The third kappa shape index (κ3) is 4.26. The summed E-state index contributed by atoms with van der Waals surface area (Å²) in [7, 11) is 1.92. The maximum atomic E-state index is 13.4. The molecule has 1 aromatic carbocycles. The molecule has 0 radical (unpaired) electrons. The van der Waals surface area contributed by atoms with E-state index >= 15 is 0 Å². The Kier molecular flexibility index (Phi) is 5.98. The third-order valence-corrected chi connectivity index (χ3v) is 6.95. The number of guanidine groups is 1. The van der Waals surface area contributed by atoms with E-state index < -0.39 is 0 Å². The number of pyridine rings is 1. The number of hydrogen-bond donors (Lipinski definition) is 4. The summed E-state index contributed by atoms with van der Waals surface area (Å²) in [6, 6.07) is 10.4. The second-order valence-corrected chi connectivity index (χ2v) is 10.0. The lowest BCUT2D eigenvalue weighted by Gasteiger charge is -2.37. The van der Waals surface area contributed by atoms with Gasteiger partial charge in [-0.1, -0.05) is 6.07 Å². The van der Waals surface area contributed by atoms with Crippen molar-refractivity contribution in [3.8, 4) is 0 Å². The number of fused-ring (bicyclic) bond motifs is 2. The Hall–Kier alpha value is -3.43. The third-order valence-electron chi connectivity index (χ3n) is 6.95. The SMILES string of the molecule is CNC(C)(C)c1cc(N2C3NC(Nc4ccc5c(c4)CCNC5)=NC=C3C(=O)N2C(C)C)ccn1. The molecule has 184 valence electrons. The zero-order valence-electron chi connectivity index (χ0n) is 21.0. The van der Waals surface area contributed by atoms with Crippen molar-refractivity contribution in [1.82, 2.24) is 25.9 Å². The van der Waals surface area contributed by atoms with Gasteiger partial charge in [-0.25, -0.2) is 10.0 Å². The molecule has 0 spiro atoms. The summed E-state index contributed by atoms with van der Waals surface area (Å²) >= 11 is 0. The molecule has 1 saturated heterocycles. The number of aromatic nitrogens is 1. The van der Waals surface area contributed by atoms with E-state index in [-0.39, 0.29) is 23.7 Å². The van der Waals surface area contributed by atoms with Crippen molar-refractivity contribution in [1.29, 1.82) is 0 Å². The Labute approximate surface area is 206 Å². The van der Waals surface area contributed by atoms with Crippen LogP contribution in [0, 0.1) is 0 Å². The fraction of sp³-hybridized carbons (Fsp3) is 0.423. The number of carbonyl (C=O) groups excluding carboxylic acids is 1. The zero-order valence-corrected chi connectivity index (χ0v) is 21.0. The number of amides is 1. The van der Waals surface area contributed by atoms with E-state index in [0.29, 0.717) is 11.5 Å². The van der Waals surface area contributed by atoms with E-state index in [0.717, 1.165) is 36.6 Å². The molecule has 3 aliphatic rings. The maximum absolute atomic E-state index is 13.4. The van der Waals surface area contributed by atoms with Crippen LogP contribution in [0.5, 0.6) is 0 Å². The highest BCUT2D eigenvalue weighted by atomic mass is 16.2. The maximum Gasteiger partial charge on any atom is 0.274 e. The van der Waals surface area contributed by atoms with Gasteiger partial charge in [0.1, 0.15) is 0 Å². The lowest BCUT2D eigenvalue weighted by Crippen LogP contribution is -2.54. The van der Waals surface area contributed by atoms with Gasteiger partial charge in [0, 0.05) is 30.7 Å². The first-order chi connectivity index (χ1) is 16.8. The summed E-state index contributed by atoms with van der Waals surface area (Å²) in [6.07, 6.45) is 4.12. The van der Waals surface area contributed by atoms with Gasteiger partial charge in [-0.3, -0.25) is 14.8 Å². The first-order valence-corrected chi connectivity index (χ1v) is 12.2. The van der Waals surface area contributed by atoms with Gasteiger partial charge in [0.2, 0.25) is 5.96 Å². The molecule has 1 fully saturated rings. The molecule has 0 aliphatic carbocycles. The van der Waals surface area contributed by atoms with Gasteiger partial charge in [0.25, 0.3) is 5.91 Å². The quantitative estimate of drug-likeness (QED) is 0.529. The summed E-state index contributed by atoms with van der Waals surface area (Å²) in [5.41, 5.74) is 5.76. The lowest BCUT2D eigenvalue weighted by molar-refractivity contribution is -0.126. The van der Waals surface area contributed by atoms with Crippen molar-refractivity contribution in [2.24, 2.45) is 4.99 Å². The van der Waals surface area contributed by atoms with E-state index in [1.807, 2.05) is 38.0 Å². The highest BCUT2D eigenvalue weighted by Crippen LogP contribution is 2.34. The van der Waals surface area contributed by atoms with E-state index in [2.05, 4.69) is 63.3 Å². The highest BCUT2D eigenvalue weighted by molar-refractivity contribution is 6.04. The van der Waals surface area contributed by atoms with Crippen molar-refractivity contribution < 1.29 is 4.79 Å². The molecule has 0 bridgehead atoms. The summed E-state index contributed by atoms with van der Waals surface area (Å²) in [5.74, 6) is 0.564.